The number of nitrogens with zero attached hydrogens (tertiary/aromatic N) is 2. The van der Waals surface area contributed by atoms with Gasteiger partial charge in [-0.05, 0) is 32.9 Å². The number of carbonyl (C=O) groups is 2. The monoisotopic (exact) mass is 330 g/mol. The van der Waals surface area contributed by atoms with Crippen LogP contribution in [0.15, 0.2) is 36.4 Å². The van der Waals surface area contributed by atoms with E-state index in [0.29, 0.717) is 11.5 Å². The second-order valence-corrected chi connectivity index (χ2v) is 6.31. The zero-order chi connectivity index (χ0) is 17.7. The third-order valence-corrected chi connectivity index (χ3v) is 3.00. The van der Waals surface area contributed by atoms with Crippen molar-refractivity contribution in [2.75, 3.05) is 11.9 Å². The van der Waals surface area contributed by atoms with E-state index in [4.69, 9.17) is 10.5 Å². The molecule has 0 atom stereocenters. The van der Waals surface area contributed by atoms with Gasteiger partial charge in [-0.25, -0.2) is 9.48 Å². The summed E-state index contributed by atoms with van der Waals surface area (Å²) >= 11 is 0. The van der Waals surface area contributed by atoms with Crippen molar-refractivity contribution in [3.05, 3.63) is 42.1 Å². The zero-order valence-corrected chi connectivity index (χ0v) is 14.1. The van der Waals surface area contributed by atoms with Crippen LogP contribution >= 0.6 is 0 Å². The molecule has 1 aromatic heterocycles. The van der Waals surface area contributed by atoms with Crippen molar-refractivity contribution in [1.82, 2.24) is 9.78 Å². The summed E-state index contributed by atoms with van der Waals surface area (Å²) in [5.41, 5.74) is 6.03. The Kier molecular flexibility index (Phi) is 5.35. The van der Waals surface area contributed by atoms with Crippen molar-refractivity contribution in [3.8, 4) is 5.69 Å². The maximum atomic E-state index is 12.0. The van der Waals surface area contributed by atoms with Crippen LogP contribution in [0.1, 0.15) is 26.5 Å². The van der Waals surface area contributed by atoms with Gasteiger partial charge in [0, 0.05) is 6.07 Å². The highest BCUT2D eigenvalue weighted by Crippen LogP contribution is 2.19. The summed E-state index contributed by atoms with van der Waals surface area (Å²) in [5, 5.41) is 7.06. The van der Waals surface area contributed by atoms with E-state index in [9.17, 15) is 9.59 Å². The number of hydrogen-bond acceptors (Lipinski definition) is 5. The second-order valence-electron chi connectivity index (χ2n) is 6.31. The fourth-order valence-corrected chi connectivity index (χ4v) is 2.05. The van der Waals surface area contributed by atoms with Gasteiger partial charge in [-0.2, -0.15) is 5.10 Å². The van der Waals surface area contributed by atoms with Gasteiger partial charge in [-0.1, -0.05) is 18.2 Å². The van der Waals surface area contributed by atoms with E-state index in [1.807, 2.05) is 30.3 Å². The minimum absolute atomic E-state index is 0.0486. The van der Waals surface area contributed by atoms with Gasteiger partial charge in [0.2, 0.25) is 0 Å². The summed E-state index contributed by atoms with van der Waals surface area (Å²) in [7, 11) is 0. The van der Waals surface area contributed by atoms with Crippen molar-refractivity contribution in [2.24, 2.45) is 5.73 Å². The van der Waals surface area contributed by atoms with Gasteiger partial charge in [0.25, 0.3) is 0 Å². The first-order chi connectivity index (χ1) is 11.3. The second kappa shape index (κ2) is 7.27. The minimum atomic E-state index is -0.611. The van der Waals surface area contributed by atoms with Gasteiger partial charge in [0.05, 0.1) is 24.3 Å². The number of anilines is 1. The van der Waals surface area contributed by atoms with Crippen LogP contribution in [0.3, 0.4) is 0 Å². The van der Waals surface area contributed by atoms with Gasteiger partial charge in [-0.15, -0.1) is 0 Å². The highest BCUT2D eigenvalue weighted by molar-refractivity contribution is 5.85. The van der Waals surface area contributed by atoms with Crippen molar-refractivity contribution in [2.45, 2.75) is 32.8 Å². The summed E-state index contributed by atoms with van der Waals surface area (Å²) in [5.74, 6) is 0.298. The molecule has 7 nitrogen and oxygen atoms in total. The number of Topliss-reactive ketones (excluding diaryl/α,β-unsaturated/α-hetero) is 1. The lowest BCUT2D eigenvalue weighted by Gasteiger charge is -2.19. The maximum absolute atomic E-state index is 12.0. The first kappa shape index (κ1) is 17.7. The lowest BCUT2D eigenvalue weighted by molar-refractivity contribution is -0.117. The van der Waals surface area contributed by atoms with E-state index in [0.717, 1.165) is 5.69 Å². The van der Waals surface area contributed by atoms with Crippen LogP contribution in [0.4, 0.5) is 10.6 Å². The first-order valence-corrected chi connectivity index (χ1v) is 7.64. The molecule has 3 N–H and O–H groups in total. The molecule has 0 bridgehead atoms. The Morgan fingerprint density at radius 1 is 1.25 bits per heavy atom. The number of ether oxygens (including phenoxy) is 1. The third kappa shape index (κ3) is 4.92. The zero-order valence-electron chi connectivity index (χ0n) is 14.1. The number of carbonyl (C=O) groups excluding carboxylic acids is 2. The minimum Gasteiger partial charge on any atom is -0.444 e. The number of nitrogens with two attached hydrogens (primary N) is 1. The van der Waals surface area contributed by atoms with E-state index in [2.05, 4.69) is 10.4 Å². The van der Waals surface area contributed by atoms with Gasteiger partial charge in [0.1, 0.15) is 11.4 Å². The number of benzene rings is 1. The van der Waals surface area contributed by atoms with E-state index in [-0.39, 0.29) is 18.7 Å². The summed E-state index contributed by atoms with van der Waals surface area (Å²) in [6, 6.07) is 10.9. The normalized spacial score (nSPS) is 11.2. The molecule has 0 aliphatic rings. The summed E-state index contributed by atoms with van der Waals surface area (Å²) in [4.78, 5) is 23.6. The Hall–Kier alpha value is -2.67. The molecule has 24 heavy (non-hydrogen) atoms. The molecule has 1 heterocycles. The average Bonchev–Trinajstić information content (AvgIpc) is 2.88. The average molecular weight is 330 g/mol. The molecule has 0 saturated carbocycles. The van der Waals surface area contributed by atoms with E-state index in [1.165, 1.54) is 0 Å². The molecule has 2 rings (SSSR count). The van der Waals surface area contributed by atoms with Gasteiger partial charge >= 0.3 is 6.09 Å². The molecule has 7 heteroatoms. The number of nitrogens with one attached hydrogen (secondary N) is 1. The highest BCUT2D eigenvalue weighted by Gasteiger charge is 2.19. The number of ketones is 1. The Morgan fingerprint density at radius 2 is 1.92 bits per heavy atom. The van der Waals surface area contributed by atoms with Crippen LogP contribution in [0.25, 0.3) is 5.69 Å². The van der Waals surface area contributed by atoms with Gasteiger partial charge in [-0.3, -0.25) is 10.1 Å². The predicted molar refractivity (Wildman–Crippen MR) is 91.2 cm³/mol. The fourth-order valence-electron chi connectivity index (χ4n) is 2.05. The van der Waals surface area contributed by atoms with Crippen molar-refractivity contribution in [3.63, 3.8) is 0 Å². The van der Waals surface area contributed by atoms with Crippen LogP contribution in [0.2, 0.25) is 0 Å². The lowest BCUT2D eigenvalue weighted by atomic mass is 10.2. The molecule has 0 fully saturated rings. The van der Waals surface area contributed by atoms with Crippen molar-refractivity contribution >= 4 is 17.7 Å². The lowest BCUT2D eigenvalue weighted by Crippen LogP contribution is -2.27. The molecule has 0 unspecified atom stereocenters. The summed E-state index contributed by atoms with van der Waals surface area (Å²) in [6.07, 6.45) is -0.476. The van der Waals surface area contributed by atoms with Crippen LogP contribution in [0.5, 0.6) is 0 Å². The molecule has 2 aromatic rings. The summed E-state index contributed by atoms with van der Waals surface area (Å²) < 4.78 is 6.82. The molecule has 0 radical (unpaired) electrons. The highest BCUT2D eigenvalue weighted by atomic mass is 16.6. The molecule has 0 aliphatic heterocycles. The largest absolute Gasteiger partial charge is 0.444 e. The number of amides is 1. The smallest absolute Gasteiger partial charge is 0.413 e. The molecule has 1 aromatic carbocycles. The Balaban J connectivity index is 2.30. The van der Waals surface area contributed by atoms with Gasteiger partial charge < -0.3 is 10.5 Å². The molecular formula is C17H22N4O3. The first-order valence-electron chi connectivity index (χ1n) is 7.64. The molecular weight excluding hydrogens is 308 g/mol. The fraction of sp³-hybridized carbons (Fsp3) is 0.353. The van der Waals surface area contributed by atoms with Crippen molar-refractivity contribution in [1.29, 1.82) is 0 Å². The Morgan fingerprint density at radius 3 is 2.50 bits per heavy atom. The number of rotatable bonds is 5. The number of hydrogen-bond donors (Lipinski definition) is 2. The third-order valence-electron chi connectivity index (χ3n) is 3.00. The maximum Gasteiger partial charge on any atom is 0.413 e. The van der Waals surface area contributed by atoms with Crippen LogP contribution in [-0.2, 0) is 16.0 Å². The Bertz CT molecular complexity index is 717. The van der Waals surface area contributed by atoms with Gasteiger partial charge in [0.15, 0.2) is 5.78 Å². The van der Waals surface area contributed by atoms with Crippen LogP contribution < -0.4 is 11.1 Å². The molecule has 0 saturated heterocycles. The predicted octanol–water partition coefficient (Wildman–Crippen LogP) is 2.29. The molecule has 1 amide bonds. The topological polar surface area (TPSA) is 99.2 Å². The molecule has 0 aliphatic carbocycles. The quantitative estimate of drug-likeness (QED) is 0.876. The molecule has 0 spiro atoms. The van der Waals surface area contributed by atoms with E-state index < -0.39 is 11.7 Å². The molecule has 128 valence electrons. The van der Waals surface area contributed by atoms with Crippen molar-refractivity contribution < 1.29 is 14.3 Å². The number of aromatic nitrogens is 2. The van der Waals surface area contributed by atoms with E-state index in [1.54, 1.807) is 31.5 Å². The van der Waals surface area contributed by atoms with E-state index >= 15 is 0 Å². The summed E-state index contributed by atoms with van der Waals surface area (Å²) in [6.45, 7) is 5.30. The Labute approximate surface area is 140 Å². The van der Waals surface area contributed by atoms with Crippen LogP contribution in [-0.4, -0.2) is 33.8 Å². The SMILES string of the molecule is CC(C)(C)OC(=O)Nc1cc(CC(=O)CN)nn1-c1ccccc1. The number of para-hydroxylation sites is 1. The standard InChI is InChI=1S/C17H22N4O3/c1-17(2,3)24-16(23)19-15-10-12(9-14(22)11-18)20-21(15)13-7-5-4-6-8-13/h4-8,10H,9,11,18H2,1-3H3,(H,19,23). The van der Waals surface area contributed by atoms with Crippen LogP contribution in [0, 0.1) is 0 Å².